The molecule has 1 aliphatic heterocycles. The van der Waals surface area contributed by atoms with Crippen LogP contribution in [-0.2, 0) is 10.3 Å². The Bertz CT molecular complexity index is 1320. The molecule has 1 spiro atoms. The summed E-state index contributed by atoms with van der Waals surface area (Å²) in [6.07, 6.45) is 4.92. The standard InChI is InChI=1S/C24H19FN4O2/c25-16-5-3-4-15(12-16)20-26-13-19-22(28-20)29-21(27-19)14-8-10-24(11-9-14)18-7-2-1-6-17(18)23(30)31-24/h1-7,12-14H,8-11H2,(H,26,27,28,29)/t14-,24-. The fourth-order valence-electron chi connectivity index (χ4n) is 4.86. The summed E-state index contributed by atoms with van der Waals surface area (Å²) in [5, 5.41) is 0. The van der Waals surface area contributed by atoms with Gasteiger partial charge in [-0.15, -0.1) is 0 Å². The van der Waals surface area contributed by atoms with Gasteiger partial charge in [0.15, 0.2) is 11.5 Å². The van der Waals surface area contributed by atoms with E-state index in [4.69, 9.17) is 9.72 Å². The van der Waals surface area contributed by atoms with Crippen LogP contribution in [0.1, 0.15) is 53.3 Å². The molecule has 6 nitrogen and oxygen atoms in total. The third-order valence-electron chi connectivity index (χ3n) is 6.45. The predicted octanol–water partition coefficient (Wildman–Crippen LogP) is 4.88. The molecule has 4 aromatic rings. The maximum atomic E-state index is 13.5. The summed E-state index contributed by atoms with van der Waals surface area (Å²) in [4.78, 5) is 29.2. The number of aromatic nitrogens is 4. The van der Waals surface area contributed by atoms with Crippen LogP contribution in [0.5, 0.6) is 0 Å². The fraction of sp³-hybridized carbons (Fsp3) is 0.250. The lowest BCUT2D eigenvalue weighted by atomic mass is 9.75. The zero-order valence-corrected chi connectivity index (χ0v) is 16.6. The number of hydrogen-bond acceptors (Lipinski definition) is 5. The normalized spacial score (nSPS) is 22.6. The molecule has 1 saturated carbocycles. The first kappa shape index (κ1) is 18.2. The van der Waals surface area contributed by atoms with Crippen molar-refractivity contribution in [1.82, 2.24) is 19.9 Å². The van der Waals surface area contributed by atoms with Crippen LogP contribution in [0.15, 0.2) is 54.7 Å². The number of carbonyl (C=O) groups is 1. The molecule has 0 unspecified atom stereocenters. The van der Waals surface area contributed by atoms with Crippen molar-refractivity contribution < 1.29 is 13.9 Å². The maximum absolute atomic E-state index is 13.5. The molecule has 2 aromatic carbocycles. The van der Waals surface area contributed by atoms with Gasteiger partial charge in [0.05, 0.1) is 11.8 Å². The van der Waals surface area contributed by atoms with Gasteiger partial charge < -0.3 is 9.72 Å². The van der Waals surface area contributed by atoms with Crippen molar-refractivity contribution >= 4 is 17.1 Å². The Balaban J connectivity index is 1.26. The molecule has 1 N–H and O–H groups in total. The summed E-state index contributed by atoms with van der Waals surface area (Å²) in [5.41, 5.74) is 3.13. The van der Waals surface area contributed by atoms with Gasteiger partial charge in [-0.1, -0.05) is 30.3 Å². The van der Waals surface area contributed by atoms with E-state index >= 15 is 0 Å². The van der Waals surface area contributed by atoms with E-state index in [9.17, 15) is 9.18 Å². The van der Waals surface area contributed by atoms with Gasteiger partial charge in [-0.2, -0.15) is 0 Å². The zero-order valence-electron chi connectivity index (χ0n) is 16.6. The molecule has 31 heavy (non-hydrogen) atoms. The van der Waals surface area contributed by atoms with Crippen molar-refractivity contribution in [2.45, 2.75) is 37.2 Å². The minimum Gasteiger partial charge on any atom is -0.451 e. The van der Waals surface area contributed by atoms with Crippen molar-refractivity contribution in [2.75, 3.05) is 0 Å². The topological polar surface area (TPSA) is 80.8 Å². The number of H-pyrrole nitrogens is 1. The van der Waals surface area contributed by atoms with Crippen LogP contribution in [0.2, 0.25) is 0 Å². The minimum absolute atomic E-state index is 0.224. The Morgan fingerprint density at radius 1 is 1.06 bits per heavy atom. The number of esters is 1. The summed E-state index contributed by atoms with van der Waals surface area (Å²) in [6.45, 7) is 0. The third-order valence-corrected chi connectivity index (χ3v) is 6.45. The summed E-state index contributed by atoms with van der Waals surface area (Å²) >= 11 is 0. The first-order valence-corrected chi connectivity index (χ1v) is 10.4. The van der Waals surface area contributed by atoms with Gasteiger partial charge in [0, 0.05) is 17.0 Å². The molecular weight excluding hydrogens is 395 g/mol. The predicted molar refractivity (Wildman–Crippen MR) is 112 cm³/mol. The quantitative estimate of drug-likeness (QED) is 0.473. The number of carbonyl (C=O) groups excluding carboxylic acids is 1. The molecule has 7 heteroatoms. The van der Waals surface area contributed by atoms with Crippen LogP contribution in [0, 0.1) is 5.82 Å². The van der Waals surface area contributed by atoms with Crippen LogP contribution in [-0.4, -0.2) is 25.9 Å². The largest absolute Gasteiger partial charge is 0.451 e. The fourth-order valence-corrected chi connectivity index (χ4v) is 4.86. The van der Waals surface area contributed by atoms with Crippen LogP contribution in [0.3, 0.4) is 0 Å². The van der Waals surface area contributed by atoms with Crippen molar-refractivity contribution in [1.29, 1.82) is 0 Å². The maximum Gasteiger partial charge on any atom is 0.339 e. The molecule has 3 heterocycles. The van der Waals surface area contributed by atoms with E-state index in [1.54, 1.807) is 18.3 Å². The highest BCUT2D eigenvalue weighted by atomic mass is 19.1. The molecule has 1 aliphatic carbocycles. The minimum atomic E-state index is -0.513. The van der Waals surface area contributed by atoms with E-state index in [0.29, 0.717) is 22.6 Å². The van der Waals surface area contributed by atoms with Gasteiger partial charge in [0.2, 0.25) is 0 Å². The van der Waals surface area contributed by atoms with E-state index in [-0.39, 0.29) is 17.7 Å². The molecule has 154 valence electrons. The summed E-state index contributed by atoms with van der Waals surface area (Å²) in [7, 11) is 0. The summed E-state index contributed by atoms with van der Waals surface area (Å²) in [6, 6.07) is 13.9. The van der Waals surface area contributed by atoms with Crippen molar-refractivity contribution in [3.05, 3.63) is 77.5 Å². The van der Waals surface area contributed by atoms with Gasteiger partial charge >= 0.3 is 5.97 Å². The van der Waals surface area contributed by atoms with Crippen molar-refractivity contribution in [3.8, 4) is 11.4 Å². The van der Waals surface area contributed by atoms with Gasteiger partial charge in [0.25, 0.3) is 0 Å². The molecular formula is C24H19FN4O2. The number of halogens is 1. The monoisotopic (exact) mass is 414 g/mol. The second kappa shape index (κ2) is 6.70. The molecule has 0 atom stereocenters. The van der Waals surface area contributed by atoms with Crippen LogP contribution in [0.4, 0.5) is 4.39 Å². The van der Waals surface area contributed by atoms with Crippen LogP contribution < -0.4 is 0 Å². The molecule has 2 aromatic heterocycles. The average Bonchev–Trinajstić information content (AvgIpc) is 3.33. The number of ether oxygens (including phenoxy) is 1. The van der Waals surface area contributed by atoms with E-state index in [2.05, 4.69) is 15.0 Å². The molecule has 0 saturated heterocycles. The van der Waals surface area contributed by atoms with E-state index < -0.39 is 5.60 Å². The second-order valence-electron chi connectivity index (χ2n) is 8.27. The van der Waals surface area contributed by atoms with E-state index in [1.807, 2.05) is 24.3 Å². The van der Waals surface area contributed by atoms with Crippen LogP contribution >= 0.6 is 0 Å². The number of imidazole rings is 1. The van der Waals surface area contributed by atoms with Crippen LogP contribution in [0.25, 0.3) is 22.6 Å². The van der Waals surface area contributed by atoms with Gasteiger partial charge in [-0.3, -0.25) is 0 Å². The lowest BCUT2D eigenvalue weighted by molar-refractivity contribution is -0.0312. The molecule has 2 aliphatic rings. The second-order valence-corrected chi connectivity index (χ2v) is 8.27. The number of nitrogens with one attached hydrogen (secondary N) is 1. The molecule has 0 amide bonds. The van der Waals surface area contributed by atoms with Crippen molar-refractivity contribution in [3.63, 3.8) is 0 Å². The number of fused-ring (bicyclic) bond motifs is 3. The lowest BCUT2D eigenvalue weighted by Gasteiger charge is -2.35. The first-order chi connectivity index (χ1) is 15.1. The Hall–Kier alpha value is -3.61. The molecule has 6 rings (SSSR count). The lowest BCUT2D eigenvalue weighted by Crippen LogP contribution is -2.31. The smallest absolute Gasteiger partial charge is 0.339 e. The summed E-state index contributed by atoms with van der Waals surface area (Å²) in [5.74, 6) is 0.992. The third kappa shape index (κ3) is 2.91. The Morgan fingerprint density at radius 3 is 2.74 bits per heavy atom. The molecule has 1 fully saturated rings. The van der Waals surface area contributed by atoms with Gasteiger partial charge in [-0.05, 0) is 43.9 Å². The first-order valence-electron chi connectivity index (χ1n) is 10.4. The van der Waals surface area contributed by atoms with E-state index in [1.165, 1.54) is 12.1 Å². The van der Waals surface area contributed by atoms with Gasteiger partial charge in [0.1, 0.15) is 22.8 Å². The number of rotatable bonds is 2. The SMILES string of the molecule is O=C1O[C@]2(CC[C@H](c3nc4nc(-c5cccc(F)c5)ncc4[nH]3)CC2)c2ccccc21. The highest BCUT2D eigenvalue weighted by Gasteiger charge is 2.47. The molecule has 0 bridgehead atoms. The Morgan fingerprint density at radius 2 is 1.90 bits per heavy atom. The van der Waals surface area contributed by atoms with E-state index in [0.717, 1.165) is 42.6 Å². The highest BCUT2D eigenvalue weighted by Crippen LogP contribution is 2.49. The summed E-state index contributed by atoms with van der Waals surface area (Å²) < 4.78 is 19.4. The highest BCUT2D eigenvalue weighted by molar-refractivity contribution is 5.94. The Labute approximate surface area is 177 Å². The number of benzene rings is 2. The number of nitrogens with zero attached hydrogens (tertiary/aromatic N) is 3. The van der Waals surface area contributed by atoms with Crippen molar-refractivity contribution in [2.24, 2.45) is 0 Å². The molecule has 0 radical (unpaired) electrons. The zero-order chi connectivity index (χ0) is 21.0. The number of hydrogen-bond donors (Lipinski definition) is 1. The van der Waals surface area contributed by atoms with Gasteiger partial charge in [-0.25, -0.2) is 24.1 Å². The number of aromatic amines is 1. The average molecular weight is 414 g/mol. The Kier molecular flexibility index (Phi) is 3.93.